The molecular formula is C35H39NSi2. The molecule has 1 aliphatic rings. The molecule has 192 valence electrons. The maximum atomic E-state index is 4.91. The van der Waals surface area contributed by atoms with Crippen molar-refractivity contribution in [1.29, 1.82) is 0 Å². The maximum absolute atomic E-state index is 4.91. The Balaban J connectivity index is 1.49. The molecular weight excluding hydrogens is 491 g/mol. The molecule has 5 aromatic rings. The highest BCUT2D eigenvalue weighted by Gasteiger charge is 2.39. The van der Waals surface area contributed by atoms with Gasteiger partial charge in [0, 0.05) is 17.1 Å². The van der Waals surface area contributed by atoms with Crippen LogP contribution in [0.5, 0.6) is 0 Å². The van der Waals surface area contributed by atoms with Gasteiger partial charge in [-0.05, 0) is 62.5 Å². The number of hydrogen-bond acceptors (Lipinski definition) is 1. The number of nitrogens with zero attached hydrogens (tertiary/aromatic N) is 1. The Bertz CT molecular complexity index is 1710. The second-order valence-electron chi connectivity index (χ2n) is 13.6. The molecule has 0 radical (unpaired) electrons. The number of benzene rings is 4. The van der Waals surface area contributed by atoms with Gasteiger partial charge in [-0.25, -0.2) is 0 Å². The molecule has 2 heterocycles. The molecule has 0 N–H and O–H groups in total. The normalized spacial score (nSPS) is 16.5. The Morgan fingerprint density at radius 1 is 0.605 bits per heavy atom. The summed E-state index contributed by atoms with van der Waals surface area (Å²) in [6.45, 7) is 17.1. The Labute approximate surface area is 230 Å². The molecule has 38 heavy (non-hydrogen) atoms. The molecule has 0 unspecified atom stereocenters. The maximum Gasteiger partial charge on any atom is 0.0802 e. The third-order valence-corrected chi connectivity index (χ3v) is 16.4. The zero-order valence-electron chi connectivity index (χ0n) is 23.9. The van der Waals surface area contributed by atoms with E-state index in [-0.39, 0.29) is 5.41 Å². The van der Waals surface area contributed by atoms with E-state index in [1.165, 1.54) is 55.9 Å². The van der Waals surface area contributed by atoms with Gasteiger partial charge in [0.05, 0.1) is 21.8 Å². The third kappa shape index (κ3) is 4.26. The van der Waals surface area contributed by atoms with Crippen LogP contribution in [-0.4, -0.2) is 21.1 Å². The SMILES string of the molecule is CC(C)(C)c1cc(-c2nccc3cc(-c4ccc5c(c4)[Si](C)(C)CC[Si]5(C)C)ccc23)cc2ccccc12. The second kappa shape index (κ2) is 8.76. The number of pyridine rings is 1. The van der Waals surface area contributed by atoms with Crippen LogP contribution in [0.4, 0.5) is 0 Å². The first-order chi connectivity index (χ1) is 17.9. The fraction of sp³-hybridized carbons (Fsp3) is 0.286. The number of hydrogen-bond donors (Lipinski definition) is 0. The quantitative estimate of drug-likeness (QED) is 0.208. The van der Waals surface area contributed by atoms with E-state index >= 15 is 0 Å². The van der Waals surface area contributed by atoms with Crippen LogP contribution in [0, 0.1) is 0 Å². The van der Waals surface area contributed by atoms with Crippen LogP contribution in [0.2, 0.25) is 38.3 Å². The topological polar surface area (TPSA) is 12.9 Å². The van der Waals surface area contributed by atoms with Gasteiger partial charge in [0.25, 0.3) is 0 Å². The van der Waals surface area contributed by atoms with Gasteiger partial charge in [0.2, 0.25) is 0 Å². The van der Waals surface area contributed by atoms with Crippen LogP contribution in [0.3, 0.4) is 0 Å². The van der Waals surface area contributed by atoms with Gasteiger partial charge in [-0.3, -0.25) is 4.98 Å². The molecule has 6 rings (SSSR count). The number of fused-ring (bicyclic) bond motifs is 3. The second-order valence-corrected chi connectivity index (χ2v) is 23.2. The zero-order chi connectivity index (χ0) is 26.9. The van der Waals surface area contributed by atoms with E-state index in [0.717, 1.165) is 5.69 Å². The summed E-state index contributed by atoms with van der Waals surface area (Å²) in [6, 6.07) is 32.8. The summed E-state index contributed by atoms with van der Waals surface area (Å²) in [5.41, 5.74) is 6.35. The molecule has 0 saturated heterocycles. The zero-order valence-corrected chi connectivity index (χ0v) is 25.9. The van der Waals surface area contributed by atoms with Crippen molar-refractivity contribution in [2.45, 2.75) is 64.5 Å². The van der Waals surface area contributed by atoms with Crippen LogP contribution < -0.4 is 10.4 Å². The van der Waals surface area contributed by atoms with E-state index < -0.39 is 16.1 Å². The smallest absolute Gasteiger partial charge is 0.0802 e. The average Bonchev–Trinajstić information content (AvgIpc) is 2.89. The number of aromatic nitrogens is 1. The highest BCUT2D eigenvalue weighted by Crippen LogP contribution is 2.37. The predicted octanol–water partition coefficient (Wildman–Crippen LogP) is 8.86. The van der Waals surface area contributed by atoms with Crippen molar-refractivity contribution in [2.24, 2.45) is 0 Å². The molecule has 0 amide bonds. The summed E-state index contributed by atoms with van der Waals surface area (Å²) < 4.78 is 0. The van der Waals surface area contributed by atoms with Gasteiger partial charge in [-0.2, -0.15) is 0 Å². The van der Waals surface area contributed by atoms with Gasteiger partial charge in [-0.15, -0.1) is 0 Å². The van der Waals surface area contributed by atoms with Gasteiger partial charge in [0.1, 0.15) is 0 Å². The predicted molar refractivity (Wildman–Crippen MR) is 173 cm³/mol. The van der Waals surface area contributed by atoms with Gasteiger partial charge >= 0.3 is 0 Å². The van der Waals surface area contributed by atoms with Crippen molar-refractivity contribution in [2.75, 3.05) is 0 Å². The lowest BCUT2D eigenvalue weighted by Gasteiger charge is -2.39. The number of rotatable bonds is 2. The van der Waals surface area contributed by atoms with Gasteiger partial charge in [0.15, 0.2) is 0 Å². The molecule has 1 aromatic heterocycles. The summed E-state index contributed by atoms with van der Waals surface area (Å²) in [7, 11) is -2.71. The molecule has 3 heteroatoms. The van der Waals surface area contributed by atoms with Crippen molar-refractivity contribution in [3.05, 3.63) is 90.6 Å². The largest absolute Gasteiger partial charge is 0.256 e. The van der Waals surface area contributed by atoms with E-state index in [2.05, 4.69) is 126 Å². The van der Waals surface area contributed by atoms with E-state index in [9.17, 15) is 0 Å². The van der Waals surface area contributed by atoms with Crippen LogP contribution >= 0.6 is 0 Å². The fourth-order valence-electron chi connectivity index (χ4n) is 6.42. The minimum atomic E-state index is -1.39. The van der Waals surface area contributed by atoms with Crippen LogP contribution in [0.15, 0.2) is 85.1 Å². The molecule has 1 aliphatic heterocycles. The highest BCUT2D eigenvalue weighted by molar-refractivity contribution is 7.03. The van der Waals surface area contributed by atoms with Crippen molar-refractivity contribution in [3.8, 4) is 22.4 Å². The van der Waals surface area contributed by atoms with Crippen molar-refractivity contribution >= 4 is 48.1 Å². The van der Waals surface area contributed by atoms with E-state index in [4.69, 9.17) is 4.98 Å². The summed E-state index contributed by atoms with van der Waals surface area (Å²) in [5.74, 6) is 0. The first-order valence-corrected chi connectivity index (χ1v) is 20.4. The Hall–Kier alpha value is -3.02. The molecule has 0 spiro atoms. The Morgan fingerprint density at radius 3 is 2.00 bits per heavy atom. The average molecular weight is 530 g/mol. The molecule has 4 aromatic carbocycles. The first-order valence-electron chi connectivity index (χ1n) is 14.0. The van der Waals surface area contributed by atoms with Crippen LogP contribution in [0.1, 0.15) is 26.3 Å². The molecule has 0 aliphatic carbocycles. The lowest BCUT2D eigenvalue weighted by molar-refractivity contribution is 0.596. The minimum absolute atomic E-state index is 0.0499. The minimum Gasteiger partial charge on any atom is -0.256 e. The van der Waals surface area contributed by atoms with Gasteiger partial charge < -0.3 is 0 Å². The third-order valence-electron chi connectivity index (χ3n) is 8.89. The molecule has 0 fully saturated rings. The molecule has 0 saturated carbocycles. The molecule has 0 atom stereocenters. The lowest BCUT2D eigenvalue weighted by Crippen LogP contribution is -2.63. The van der Waals surface area contributed by atoms with Crippen LogP contribution in [0.25, 0.3) is 43.9 Å². The lowest BCUT2D eigenvalue weighted by atomic mass is 9.82. The molecule has 0 bridgehead atoms. The van der Waals surface area contributed by atoms with Crippen molar-refractivity contribution < 1.29 is 0 Å². The van der Waals surface area contributed by atoms with Gasteiger partial charge in [-0.1, -0.05) is 124 Å². The summed E-state index contributed by atoms with van der Waals surface area (Å²) in [4.78, 5) is 4.91. The summed E-state index contributed by atoms with van der Waals surface area (Å²) in [5, 5.41) is 8.49. The van der Waals surface area contributed by atoms with Crippen molar-refractivity contribution in [1.82, 2.24) is 4.98 Å². The van der Waals surface area contributed by atoms with Crippen LogP contribution in [-0.2, 0) is 5.41 Å². The summed E-state index contributed by atoms with van der Waals surface area (Å²) >= 11 is 0. The standard InChI is InChI=1S/C35H39NSi2/c1-35(2,3)31-22-28(21-26-10-8-9-11-29(26)31)34-30-14-12-24(20-27(30)16-17-36-34)25-13-15-32-33(23-25)38(6,7)19-18-37(32,4)5/h8-17,20-23H,18-19H2,1-7H3. The van der Waals surface area contributed by atoms with Crippen molar-refractivity contribution in [3.63, 3.8) is 0 Å². The first kappa shape index (κ1) is 25.3. The summed E-state index contributed by atoms with van der Waals surface area (Å²) in [6.07, 6.45) is 1.98. The Kier molecular flexibility index (Phi) is 5.82. The monoisotopic (exact) mass is 529 g/mol. The highest BCUT2D eigenvalue weighted by atomic mass is 28.3. The Morgan fingerprint density at radius 2 is 1.24 bits per heavy atom. The van der Waals surface area contributed by atoms with E-state index in [1.807, 2.05) is 6.20 Å². The molecule has 1 nitrogen and oxygen atoms in total. The van der Waals surface area contributed by atoms with E-state index in [0.29, 0.717) is 0 Å². The van der Waals surface area contributed by atoms with E-state index in [1.54, 1.807) is 10.4 Å². The fourth-order valence-corrected chi connectivity index (χ4v) is 16.7.